The standard InChI is InChI=1S/C17H12F2N4OS2/c1-8-10-6-14(26-16(10)23(2)22-8)15(24)21-17-20-13(7-25-17)11-5-9(18)3-4-12(11)19/h3-7H,1-2H3,(H,20,21,24). The molecule has 5 nitrogen and oxygen atoms in total. The second-order valence-corrected chi connectivity index (χ2v) is 7.54. The molecule has 1 amide bonds. The zero-order chi connectivity index (χ0) is 18.4. The Hall–Kier alpha value is -2.65. The lowest BCUT2D eigenvalue weighted by atomic mass is 10.1. The molecule has 4 rings (SSSR count). The smallest absolute Gasteiger partial charge is 0.267 e. The molecule has 0 spiro atoms. The lowest BCUT2D eigenvalue weighted by Gasteiger charge is -2.00. The normalized spacial score (nSPS) is 11.2. The molecule has 26 heavy (non-hydrogen) atoms. The number of aromatic nitrogens is 3. The van der Waals surface area contributed by atoms with Crippen LogP contribution in [0, 0.1) is 18.6 Å². The van der Waals surface area contributed by atoms with Gasteiger partial charge >= 0.3 is 0 Å². The molecule has 4 aromatic rings. The van der Waals surface area contributed by atoms with Crippen molar-refractivity contribution < 1.29 is 13.6 Å². The molecular formula is C17H12F2N4OS2. The van der Waals surface area contributed by atoms with Crippen molar-refractivity contribution in [3.05, 3.63) is 51.9 Å². The molecule has 0 atom stereocenters. The summed E-state index contributed by atoms with van der Waals surface area (Å²) in [7, 11) is 1.83. The maximum atomic E-state index is 13.9. The molecule has 0 radical (unpaired) electrons. The third-order valence-corrected chi connectivity index (χ3v) is 5.81. The maximum absolute atomic E-state index is 13.9. The number of hydrogen-bond donors (Lipinski definition) is 1. The van der Waals surface area contributed by atoms with Crippen molar-refractivity contribution in [3.8, 4) is 11.3 Å². The van der Waals surface area contributed by atoms with Crippen molar-refractivity contribution in [1.82, 2.24) is 14.8 Å². The molecule has 3 aromatic heterocycles. The highest BCUT2D eigenvalue weighted by molar-refractivity contribution is 7.20. The number of anilines is 1. The Kier molecular flexibility index (Phi) is 4.04. The van der Waals surface area contributed by atoms with Crippen molar-refractivity contribution >= 4 is 43.9 Å². The summed E-state index contributed by atoms with van der Waals surface area (Å²) in [5.74, 6) is -1.41. The minimum atomic E-state index is -0.568. The Morgan fingerprint density at radius 2 is 2.08 bits per heavy atom. The van der Waals surface area contributed by atoms with E-state index in [0.717, 1.165) is 45.4 Å². The molecule has 0 saturated carbocycles. The van der Waals surface area contributed by atoms with Gasteiger partial charge in [0.1, 0.15) is 16.5 Å². The topological polar surface area (TPSA) is 59.8 Å². The van der Waals surface area contributed by atoms with E-state index in [9.17, 15) is 13.6 Å². The van der Waals surface area contributed by atoms with Gasteiger partial charge in [-0.05, 0) is 31.2 Å². The first kappa shape index (κ1) is 16.8. The second kappa shape index (κ2) is 6.26. The number of carbonyl (C=O) groups is 1. The average Bonchev–Trinajstić information content (AvgIpc) is 3.28. The molecule has 3 heterocycles. The molecule has 1 N–H and O–H groups in total. The summed E-state index contributed by atoms with van der Waals surface area (Å²) < 4.78 is 28.9. The fraction of sp³-hybridized carbons (Fsp3) is 0.118. The number of nitrogens with zero attached hydrogens (tertiary/aromatic N) is 3. The lowest BCUT2D eigenvalue weighted by molar-refractivity contribution is 0.103. The first-order chi connectivity index (χ1) is 12.4. The van der Waals surface area contributed by atoms with Gasteiger partial charge in [-0.3, -0.25) is 14.8 Å². The molecule has 1 aromatic carbocycles. The van der Waals surface area contributed by atoms with Crippen LogP contribution in [0.1, 0.15) is 15.4 Å². The van der Waals surface area contributed by atoms with Gasteiger partial charge in [0.2, 0.25) is 0 Å². The zero-order valence-corrected chi connectivity index (χ0v) is 15.3. The van der Waals surface area contributed by atoms with E-state index in [0.29, 0.717) is 10.0 Å². The van der Waals surface area contributed by atoms with Crippen molar-refractivity contribution in [2.24, 2.45) is 7.05 Å². The Morgan fingerprint density at radius 1 is 1.27 bits per heavy atom. The molecule has 0 fully saturated rings. The molecule has 132 valence electrons. The SMILES string of the molecule is Cc1nn(C)c2sc(C(=O)Nc3nc(-c4cc(F)ccc4F)cs3)cc12. The largest absolute Gasteiger partial charge is 0.297 e. The Balaban J connectivity index is 1.59. The zero-order valence-electron chi connectivity index (χ0n) is 13.7. The van der Waals surface area contributed by atoms with Gasteiger partial charge in [-0.15, -0.1) is 22.7 Å². The van der Waals surface area contributed by atoms with Crippen molar-refractivity contribution in [1.29, 1.82) is 0 Å². The molecule has 0 unspecified atom stereocenters. The van der Waals surface area contributed by atoms with E-state index in [2.05, 4.69) is 15.4 Å². The summed E-state index contributed by atoms with van der Waals surface area (Å²) in [5, 5.41) is 9.84. The van der Waals surface area contributed by atoms with Crippen molar-refractivity contribution in [2.75, 3.05) is 5.32 Å². The number of halogens is 2. The predicted octanol–water partition coefficient (Wildman–Crippen LogP) is 4.60. The van der Waals surface area contributed by atoms with Crippen LogP contribution in [0.15, 0.2) is 29.6 Å². The fourth-order valence-corrected chi connectivity index (χ4v) is 4.35. The highest BCUT2D eigenvalue weighted by atomic mass is 32.1. The fourth-order valence-electron chi connectivity index (χ4n) is 2.62. The van der Waals surface area contributed by atoms with E-state index in [1.165, 1.54) is 11.3 Å². The molecule has 0 aliphatic carbocycles. The van der Waals surface area contributed by atoms with E-state index in [4.69, 9.17) is 0 Å². The van der Waals surface area contributed by atoms with Gasteiger partial charge in [0, 0.05) is 23.4 Å². The summed E-state index contributed by atoms with van der Waals surface area (Å²) in [6, 6.07) is 4.97. The van der Waals surface area contributed by atoms with Crippen LogP contribution < -0.4 is 5.32 Å². The highest BCUT2D eigenvalue weighted by Gasteiger charge is 2.17. The molecule has 0 aliphatic rings. The van der Waals surface area contributed by atoms with Crippen LogP contribution >= 0.6 is 22.7 Å². The van der Waals surface area contributed by atoms with Gasteiger partial charge in [0.05, 0.1) is 16.3 Å². The monoisotopic (exact) mass is 390 g/mol. The third-order valence-electron chi connectivity index (χ3n) is 3.85. The lowest BCUT2D eigenvalue weighted by Crippen LogP contribution is -2.09. The van der Waals surface area contributed by atoms with Gasteiger partial charge in [-0.2, -0.15) is 5.10 Å². The molecular weight excluding hydrogens is 378 g/mol. The summed E-state index contributed by atoms with van der Waals surface area (Å²) in [6.45, 7) is 1.89. The number of thiophene rings is 1. The number of carbonyl (C=O) groups excluding carboxylic acids is 1. The first-order valence-electron chi connectivity index (χ1n) is 7.58. The maximum Gasteiger partial charge on any atom is 0.267 e. The quantitative estimate of drug-likeness (QED) is 0.556. The van der Waals surface area contributed by atoms with Gasteiger partial charge < -0.3 is 0 Å². The summed E-state index contributed by atoms with van der Waals surface area (Å²) in [5.41, 5.74) is 1.19. The van der Waals surface area contributed by atoms with Gasteiger partial charge in [0.15, 0.2) is 5.13 Å². The number of amides is 1. The van der Waals surface area contributed by atoms with Gasteiger partial charge in [0.25, 0.3) is 5.91 Å². The number of aryl methyl sites for hydroxylation is 2. The summed E-state index contributed by atoms with van der Waals surface area (Å²) in [6.07, 6.45) is 0. The first-order valence-corrected chi connectivity index (χ1v) is 9.27. The van der Waals surface area contributed by atoms with E-state index in [-0.39, 0.29) is 17.2 Å². The van der Waals surface area contributed by atoms with E-state index in [1.54, 1.807) is 16.1 Å². The van der Waals surface area contributed by atoms with Crippen LogP contribution in [0.5, 0.6) is 0 Å². The number of thiazole rings is 1. The molecule has 0 bridgehead atoms. The number of rotatable bonds is 3. The Morgan fingerprint density at radius 3 is 2.85 bits per heavy atom. The van der Waals surface area contributed by atoms with E-state index < -0.39 is 11.6 Å². The van der Waals surface area contributed by atoms with E-state index in [1.807, 2.05) is 14.0 Å². The number of fused-ring (bicyclic) bond motifs is 1. The minimum Gasteiger partial charge on any atom is -0.297 e. The molecule has 9 heteroatoms. The number of nitrogens with one attached hydrogen (secondary N) is 1. The number of benzene rings is 1. The second-order valence-electron chi connectivity index (χ2n) is 5.65. The summed E-state index contributed by atoms with van der Waals surface area (Å²) >= 11 is 2.49. The van der Waals surface area contributed by atoms with Crippen LogP contribution in [-0.4, -0.2) is 20.7 Å². The molecule has 0 aliphatic heterocycles. The van der Waals surface area contributed by atoms with Gasteiger partial charge in [-0.25, -0.2) is 13.8 Å². The minimum absolute atomic E-state index is 0.0605. The third kappa shape index (κ3) is 2.89. The van der Waals surface area contributed by atoms with Crippen LogP contribution in [0.2, 0.25) is 0 Å². The van der Waals surface area contributed by atoms with Crippen molar-refractivity contribution in [2.45, 2.75) is 6.92 Å². The van der Waals surface area contributed by atoms with E-state index >= 15 is 0 Å². The molecule has 0 saturated heterocycles. The average molecular weight is 390 g/mol. The van der Waals surface area contributed by atoms with Crippen LogP contribution in [0.4, 0.5) is 13.9 Å². The highest BCUT2D eigenvalue weighted by Crippen LogP contribution is 2.30. The predicted molar refractivity (Wildman–Crippen MR) is 98.7 cm³/mol. The Labute approximate surface area is 154 Å². The summed E-state index contributed by atoms with van der Waals surface area (Å²) in [4.78, 5) is 18.1. The van der Waals surface area contributed by atoms with Crippen LogP contribution in [-0.2, 0) is 7.05 Å². The van der Waals surface area contributed by atoms with Crippen LogP contribution in [0.3, 0.4) is 0 Å². The number of hydrogen-bond acceptors (Lipinski definition) is 5. The van der Waals surface area contributed by atoms with Crippen LogP contribution in [0.25, 0.3) is 21.5 Å². The van der Waals surface area contributed by atoms with Gasteiger partial charge in [-0.1, -0.05) is 0 Å². The Bertz CT molecular complexity index is 1110. The van der Waals surface area contributed by atoms with Crippen molar-refractivity contribution in [3.63, 3.8) is 0 Å².